The van der Waals surface area contributed by atoms with Gasteiger partial charge in [0, 0.05) is 31.5 Å². The summed E-state index contributed by atoms with van der Waals surface area (Å²) in [5.74, 6) is 1.10. The molecule has 1 aromatic heterocycles. The summed E-state index contributed by atoms with van der Waals surface area (Å²) in [6.07, 6.45) is 7.65. The van der Waals surface area contributed by atoms with Gasteiger partial charge in [-0.1, -0.05) is 20.3 Å². The van der Waals surface area contributed by atoms with Crippen LogP contribution in [-0.2, 0) is 6.54 Å². The molecule has 86 valence electrons. The van der Waals surface area contributed by atoms with E-state index in [1.807, 2.05) is 19.3 Å². The third-order valence-corrected chi connectivity index (χ3v) is 2.84. The van der Waals surface area contributed by atoms with Crippen molar-refractivity contribution in [3.8, 4) is 0 Å². The average Bonchev–Trinajstić information content (AvgIpc) is 2.63. The molecule has 0 aliphatic rings. The quantitative estimate of drug-likeness (QED) is 0.747. The van der Waals surface area contributed by atoms with Gasteiger partial charge in [0.05, 0.1) is 0 Å². The molecule has 0 saturated carbocycles. The van der Waals surface area contributed by atoms with E-state index in [1.54, 1.807) is 0 Å². The average molecular weight is 209 g/mol. The molecule has 3 nitrogen and oxygen atoms in total. The summed E-state index contributed by atoms with van der Waals surface area (Å²) in [4.78, 5) is 4.21. The lowest BCUT2D eigenvalue weighted by Crippen LogP contribution is -2.31. The minimum Gasteiger partial charge on any atom is -0.334 e. The van der Waals surface area contributed by atoms with Crippen LogP contribution in [-0.4, -0.2) is 22.1 Å². The monoisotopic (exact) mass is 209 g/mol. The first-order valence-corrected chi connectivity index (χ1v) is 5.99. The van der Waals surface area contributed by atoms with Gasteiger partial charge in [-0.25, -0.2) is 4.98 Å². The van der Waals surface area contributed by atoms with Gasteiger partial charge in [-0.2, -0.15) is 0 Å². The number of imidazole rings is 1. The molecule has 15 heavy (non-hydrogen) atoms. The Balaban J connectivity index is 2.23. The number of hydrogen-bond donors (Lipinski definition) is 1. The van der Waals surface area contributed by atoms with Crippen molar-refractivity contribution in [1.82, 2.24) is 14.9 Å². The summed E-state index contributed by atoms with van der Waals surface area (Å²) in [6.45, 7) is 8.59. The third-order valence-electron chi connectivity index (χ3n) is 2.84. The van der Waals surface area contributed by atoms with Crippen molar-refractivity contribution in [2.24, 2.45) is 0 Å². The van der Waals surface area contributed by atoms with Crippen LogP contribution in [0.25, 0.3) is 0 Å². The zero-order chi connectivity index (χ0) is 11.1. The van der Waals surface area contributed by atoms with E-state index < -0.39 is 0 Å². The van der Waals surface area contributed by atoms with E-state index in [0.29, 0.717) is 6.04 Å². The lowest BCUT2D eigenvalue weighted by atomic mass is 10.1. The minimum absolute atomic E-state index is 0.679. The van der Waals surface area contributed by atoms with E-state index in [0.717, 1.165) is 18.9 Å². The van der Waals surface area contributed by atoms with Gasteiger partial charge in [-0.05, 0) is 19.8 Å². The van der Waals surface area contributed by atoms with Crippen molar-refractivity contribution in [3.63, 3.8) is 0 Å². The third kappa shape index (κ3) is 4.04. The predicted octanol–water partition coefficient (Wildman–Crippen LogP) is 2.36. The first kappa shape index (κ1) is 12.2. The lowest BCUT2D eigenvalue weighted by molar-refractivity contribution is 0.446. The Kier molecular flexibility index (Phi) is 5.40. The molecule has 1 N–H and O–H groups in total. The molecule has 1 heterocycles. The maximum atomic E-state index is 4.21. The molecule has 0 saturated heterocycles. The van der Waals surface area contributed by atoms with Gasteiger partial charge >= 0.3 is 0 Å². The van der Waals surface area contributed by atoms with E-state index in [-0.39, 0.29) is 0 Å². The van der Waals surface area contributed by atoms with Crippen LogP contribution < -0.4 is 5.32 Å². The Bertz CT molecular complexity index is 268. The largest absolute Gasteiger partial charge is 0.334 e. The van der Waals surface area contributed by atoms with Crippen LogP contribution in [0.3, 0.4) is 0 Å². The van der Waals surface area contributed by atoms with Crippen LogP contribution in [0.1, 0.15) is 38.9 Å². The van der Waals surface area contributed by atoms with Crippen molar-refractivity contribution in [1.29, 1.82) is 0 Å². The molecule has 0 fully saturated rings. The van der Waals surface area contributed by atoms with Crippen LogP contribution in [0.4, 0.5) is 0 Å². The van der Waals surface area contributed by atoms with Gasteiger partial charge in [0.2, 0.25) is 0 Å². The first-order valence-electron chi connectivity index (χ1n) is 5.99. The Morgan fingerprint density at radius 2 is 2.27 bits per heavy atom. The molecule has 1 rings (SSSR count). The van der Waals surface area contributed by atoms with E-state index in [4.69, 9.17) is 0 Å². The number of nitrogens with one attached hydrogen (secondary N) is 1. The molecule has 0 aromatic carbocycles. The van der Waals surface area contributed by atoms with Crippen molar-refractivity contribution >= 4 is 0 Å². The van der Waals surface area contributed by atoms with Gasteiger partial charge in [0.1, 0.15) is 5.82 Å². The fraction of sp³-hybridized carbons (Fsp3) is 0.750. The molecule has 1 aromatic rings. The van der Waals surface area contributed by atoms with Gasteiger partial charge in [0.25, 0.3) is 0 Å². The second-order valence-corrected chi connectivity index (χ2v) is 4.02. The lowest BCUT2D eigenvalue weighted by Gasteiger charge is -2.16. The van der Waals surface area contributed by atoms with E-state index in [1.165, 1.54) is 19.3 Å². The summed E-state index contributed by atoms with van der Waals surface area (Å²) in [5, 5.41) is 3.59. The molecule has 3 heteroatoms. The summed E-state index contributed by atoms with van der Waals surface area (Å²) >= 11 is 0. The Morgan fingerprint density at radius 1 is 1.47 bits per heavy atom. The minimum atomic E-state index is 0.679. The highest BCUT2D eigenvalue weighted by molar-refractivity contribution is 4.88. The zero-order valence-corrected chi connectivity index (χ0v) is 10.2. The second-order valence-electron chi connectivity index (χ2n) is 4.02. The van der Waals surface area contributed by atoms with Crippen molar-refractivity contribution in [2.75, 3.05) is 6.54 Å². The molecule has 1 unspecified atom stereocenters. The molecule has 0 radical (unpaired) electrons. The number of aryl methyl sites for hydroxylation is 1. The van der Waals surface area contributed by atoms with Gasteiger partial charge in [-0.15, -0.1) is 0 Å². The number of nitrogens with zero attached hydrogens (tertiary/aromatic N) is 2. The fourth-order valence-corrected chi connectivity index (χ4v) is 1.83. The number of hydrogen-bond acceptors (Lipinski definition) is 2. The second kappa shape index (κ2) is 6.62. The van der Waals surface area contributed by atoms with Crippen molar-refractivity contribution in [3.05, 3.63) is 18.2 Å². The van der Waals surface area contributed by atoms with Gasteiger partial charge in [0.15, 0.2) is 0 Å². The summed E-state index contributed by atoms with van der Waals surface area (Å²) in [5.41, 5.74) is 0. The van der Waals surface area contributed by atoms with Gasteiger partial charge in [-0.3, -0.25) is 0 Å². The van der Waals surface area contributed by atoms with Crippen molar-refractivity contribution < 1.29 is 0 Å². The Hall–Kier alpha value is -0.830. The topological polar surface area (TPSA) is 29.9 Å². The Morgan fingerprint density at radius 3 is 2.80 bits per heavy atom. The maximum Gasteiger partial charge on any atom is 0.105 e. The molecule has 0 amide bonds. The first-order chi connectivity index (χ1) is 7.27. The summed E-state index contributed by atoms with van der Waals surface area (Å²) in [7, 11) is 0. The predicted molar refractivity (Wildman–Crippen MR) is 64.0 cm³/mol. The molecule has 0 aliphatic heterocycles. The molecule has 0 spiro atoms. The number of aromatic nitrogens is 2. The molecular weight excluding hydrogens is 186 g/mol. The summed E-state index contributed by atoms with van der Waals surface area (Å²) in [6, 6.07) is 0.679. The highest BCUT2D eigenvalue weighted by atomic mass is 15.1. The van der Waals surface area contributed by atoms with E-state index in [9.17, 15) is 0 Å². The molecule has 0 bridgehead atoms. The standard InChI is InChI=1S/C12H23N3/c1-4-6-12(5-2)14-8-10-15-9-7-13-11(15)3/h7,9,12,14H,4-6,8,10H2,1-3H3. The zero-order valence-electron chi connectivity index (χ0n) is 10.2. The van der Waals surface area contributed by atoms with Crippen LogP contribution >= 0.6 is 0 Å². The van der Waals surface area contributed by atoms with Crippen LogP contribution in [0.2, 0.25) is 0 Å². The van der Waals surface area contributed by atoms with Crippen LogP contribution in [0, 0.1) is 6.92 Å². The van der Waals surface area contributed by atoms with Crippen LogP contribution in [0.5, 0.6) is 0 Å². The van der Waals surface area contributed by atoms with E-state index >= 15 is 0 Å². The van der Waals surface area contributed by atoms with Crippen LogP contribution in [0.15, 0.2) is 12.4 Å². The molecular formula is C12H23N3. The van der Waals surface area contributed by atoms with Gasteiger partial charge < -0.3 is 9.88 Å². The summed E-state index contributed by atoms with van der Waals surface area (Å²) < 4.78 is 2.19. The molecule has 0 aliphatic carbocycles. The fourth-order valence-electron chi connectivity index (χ4n) is 1.83. The number of rotatable bonds is 7. The van der Waals surface area contributed by atoms with E-state index in [2.05, 4.69) is 28.7 Å². The Labute approximate surface area is 92.9 Å². The molecule has 1 atom stereocenters. The highest BCUT2D eigenvalue weighted by Gasteiger charge is 2.03. The smallest absolute Gasteiger partial charge is 0.105 e. The SMILES string of the molecule is CCCC(CC)NCCn1ccnc1C. The maximum absolute atomic E-state index is 4.21. The highest BCUT2D eigenvalue weighted by Crippen LogP contribution is 2.01. The van der Waals surface area contributed by atoms with Crippen molar-refractivity contribution in [2.45, 2.75) is 52.6 Å². The normalized spacial score (nSPS) is 13.0.